The predicted octanol–water partition coefficient (Wildman–Crippen LogP) is 7.79. The van der Waals surface area contributed by atoms with Crippen molar-refractivity contribution in [1.29, 1.82) is 0 Å². The molecule has 1 aromatic heterocycles. The molecule has 0 atom stereocenters. The molecule has 6 nitrogen and oxygen atoms in total. The van der Waals surface area contributed by atoms with Gasteiger partial charge in [0.15, 0.2) is 0 Å². The summed E-state index contributed by atoms with van der Waals surface area (Å²) in [6.07, 6.45) is 0. The lowest BCUT2D eigenvalue weighted by Gasteiger charge is -2.11. The van der Waals surface area contributed by atoms with Crippen LogP contribution in [0.3, 0.4) is 0 Å². The summed E-state index contributed by atoms with van der Waals surface area (Å²) in [6, 6.07) is 26.1. The van der Waals surface area contributed by atoms with Gasteiger partial charge in [-0.25, -0.2) is 9.78 Å². The van der Waals surface area contributed by atoms with Crippen molar-refractivity contribution in [2.24, 2.45) is 10.7 Å². The first-order valence-electron chi connectivity index (χ1n) is 12.6. The van der Waals surface area contributed by atoms with Crippen molar-refractivity contribution in [2.75, 3.05) is 6.61 Å². The maximum Gasteiger partial charge on any atom is 0.338 e. The quantitative estimate of drug-likeness (QED) is 0.113. The molecule has 2 N–H and O–H groups in total. The Bertz CT molecular complexity index is 1710. The lowest BCUT2D eigenvalue weighted by Crippen LogP contribution is -2.13. The fourth-order valence-electron chi connectivity index (χ4n) is 4.33. The minimum atomic E-state index is -0.378. The second-order valence-electron chi connectivity index (χ2n) is 9.09. The van der Waals surface area contributed by atoms with Crippen molar-refractivity contribution in [2.45, 2.75) is 20.0 Å². The van der Waals surface area contributed by atoms with Gasteiger partial charge in [-0.1, -0.05) is 77.3 Å². The Balaban J connectivity index is 1.48. The number of fused-ring (bicyclic) bond motifs is 1. The molecule has 0 unspecified atom stereocenters. The van der Waals surface area contributed by atoms with Gasteiger partial charge in [-0.2, -0.15) is 0 Å². The van der Waals surface area contributed by atoms with Crippen LogP contribution in [0.4, 0.5) is 0 Å². The van der Waals surface area contributed by atoms with E-state index in [4.69, 9.17) is 50.3 Å². The van der Waals surface area contributed by atoms with Crippen LogP contribution in [0.1, 0.15) is 34.0 Å². The molecule has 40 heavy (non-hydrogen) atoms. The van der Waals surface area contributed by atoms with Gasteiger partial charge in [-0.3, -0.25) is 4.99 Å². The highest BCUT2D eigenvalue weighted by Gasteiger charge is 2.16. The minimum Gasteiger partial charge on any atom is -0.462 e. The topological polar surface area (TPSA) is 82.5 Å². The summed E-state index contributed by atoms with van der Waals surface area (Å²) in [6.45, 7) is 2.99. The summed E-state index contributed by atoms with van der Waals surface area (Å²) < 4.78 is 7.29. The number of benzene rings is 4. The third-order valence-corrected chi connectivity index (χ3v) is 7.23. The predicted molar refractivity (Wildman–Crippen MR) is 163 cm³/mol. The molecule has 0 saturated carbocycles. The van der Waals surface area contributed by atoms with Gasteiger partial charge < -0.3 is 15.0 Å². The number of halogens is 3. The molecule has 5 aromatic rings. The molecule has 0 radical (unpaired) electrons. The number of carbonyl (C=O) groups excluding carboxylic acids is 1. The van der Waals surface area contributed by atoms with Crippen LogP contribution < -0.4 is 5.73 Å². The third-order valence-electron chi connectivity index (χ3n) is 6.39. The van der Waals surface area contributed by atoms with E-state index in [1.54, 1.807) is 31.2 Å². The highest BCUT2D eigenvalue weighted by Crippen LogP contribution is 2.28. The number of aliphatic imine (C=N–C) groups is 1. The Morgan fingerprint density at radius 1 is 0.900 bits per heavy atom. The third kappa shape index (κ3) is 6.15. The van der Waals surface area contributed by atoms with Crippen LogP contribution in [0.25, 0.3) is 22.4 Å². The Kier molecular flexibility index (Phi) is 8.40. The van der Waals surface area contributed by atoms with Crippen LogP contribution in [-0.2, 0) is 17.8 Å². The van der Waals surface area contributed by atoms with Crippen molar-refractivity contribution in [1.82, 2.24) is 9.55 Å². The van der Waals surface area contributed by atoms with E-state index >= 15 is 0 Å². The van der Waals surface area contributed by atoms with Gasteiger partial charge in [-0.15, -0.1) is 0 Å². The smallest absolute Gasteiger partial charge is 0.338 e. The van der Waals surface area contributed by atoms with Crippen LogP contribution in [0.2, 0.25) is 15.1 Å². The zero-order valence-corrected chi connectivity index (χ0v) is 23.8. The molecule has 0 aliphatic rings. The summed E-state index contributed by atoms with van der Waals surface area (Å²) in [7, 11) is 0. The molecule has 0 aliphatic heterocycles. The average Bonchev–Trinajstić information content (AvgIpc) is 3.31. The average molecular weight is 592 g/mol. The highest BCUT2D eigenvalue weighted by atomic mass is 35.5. The molecule has 0 spiro atoms. The molecule has 5 rings (SSSR count). The van der Waals surface area contributed by atoms with E-state index in [2.05, 4.69) is 9.56 Å². The lowest BCUT2D eigenvalue weighted by molar-refractivity contribution is 0.0526. The molecule has 0 fully saturated rings. The molecular formula is C31H25Cl3N4O2. The van der Waals surface area contributed by atoms with E-state index in [0.29, 0.717) is 51.7 Å². The molecule has 0 saturated heterocycles. The largest absolute Gasteiger partial charge is 0.462 e. The summed E-state index contributed by atoms with van der Waals surface area (Å²) >= 11 is 18.4. The fraction of sp³-hybridized carbons (Fsp3) is 0.129. The number of nitrogens with zero attached hydrogens (tertiary/aromatic N) is 3. The Labute approximate surface area is 247 Å². The standard InChI is InChI=1S/C31H25Cl3N4O2/c1-2-40-31(39)22-10-14-28-27(15-22)37-30(38(28)18-19-3-11-24(32)12-4-19)21-7-5-20(6-8-21)29(35)36-17-23-9-13-25(33)16-26(23)34/h3-16H,2,17-18H2,1H3,(H2,35,36). The van der Waals surface area contributed by atoms with Crippen molar-refractivity contribution >= 4 is 57.6 Å². The van der Waals surface area contributed by atoms with Gasteiger partial charge in [0, 0.05) is 32.7 Å². The lowest BCUT2D eigenvalue weighted by atomic mass is 10.1. The number of aromatic nitrogens is 2. The van der Waals surface area contributed by atoms with Gasteiger partial charge in [0.25, 0.3) is 0 Å². The SMILES string of the molecule is CCOC(=O)c1ccc2c(c1)nc(-c1ccc(C(N)=NCc3ccc(Cl)cc3Cl)cc1)n2Cc1ccc(Cl)cc1. The first-order chi connectivity index (χ1) is 19.3. The Morgan fingerprint density at radius 3 is 2.30 bits per heavy atom. The Hall–Kier alpha value is -3.84. The van der Waals surface area contributed by atoms with Gasteiger partial charge in [0.05, 0.1) is 29.7 Å². The molecule has 9 heteroatoms. The fourth-order valence-corrected chi connectivity index (χ4v) is 4.92. The number of carbonyl (C=O) groups is 1. The number of nitrogens with two attached hydrogens (primary N) is 1. The number of ether oxygens (including phenoxy) is 1. The highest BCUT2D eigenvalue weighted by molar-refractivity contribution is 6.35. The number of amidine groups is 1. The van der Waals surface area contributed by atoms with Crippen LogP contribution in [0, 0.1) is 0 Å². The van der Waals surface area contributed by atoms with E-state index < -0.39 is 0 Å². The van der Waals surface area contributed by atoms with Crippen LogP contribution in [0.15, 0.2) is 89.9 Å². The maximum absolute atomic E-state index is 12.3. The number of hydrogen-bond acceptors (Lipinski definition) is 4. The number of esters is 1. The monoisotopic (exact) mass is 590 g/mol. The van der Waals surface area contributed by atoms with E-state index in [1.807, 2.05) is 60.7 Å². The van der Waals surface area contributed by atoms with Crippen LogP contribution >= 0.6 is 34.8 Å². The summed E-state index contributed by atoms with van der Waals surface area (Å²) in [5.74, 6) is 0.768. The van der Waals surface area contributed by atoms with Crippen LogP contribution in [0.5, 0.6) is 0 Å². The minimum absolute atomic E-state index is 0.304. The molecule has 202 valence electrons. The van der Waals surface area contributed by atoms with E-state index in [-0.39, 0.29) is 5.97 Å². The molecule has 4 aromatic carbocycles. The molecule has 1 heterocycles. The van der Waals surface area contributed by atoms with Gasteiger partial charge in [0.2, 0.25) is 0 Å². The van der Waals surface area contributed by atoms with Gasteiger partial charge >= 0.3 is 5.97 Å². The van der Waals surface area contributed by atoms with Crippen molar-refractivity contribution in [3.63, 3.8) is 0 Å². The first-order valence-corrected chi connectivity index (χ1v) is 13.7. The number of hydrogen-bond donors (Lipinski definition) is 1. The zero-order chi connectivity index (χ0) is 28.2. The second-order valence-corrected chi connectivity index (χ2v) is 10.4. The van der Waals surface area contributed by atoms with Crippen molar-refractivity contribution in [3.05, 3.63) is 122 Å². The van der Waals surface area contributed by atoms with Crippen LogP contribution in [-0.4, -0.2) is 28.0 Å². The summed E-state index contributed by atoms with van der Waals surface area (Å²) in [5.41, 5.74) is 11.9. The van der Waals surface area contributed by atoms with Gasteiger partial charge in [0.1, 0.15) is 11.7 Å². The second kappa shape index (κ2) is 12.1. The van der Waals surface area contributed by atoms with Crippen molar-refractivity contribution < 1.29 is 9.53 Å². The molecule has 0 bridgehead atoms. The first kappa shape index (κ1) is 27.7. The van der Waals surface area contributed by atoms with E-state index in [1.165, 1.54) is 0 Å². The van der Waals surface area contributed by atoms with E-state index in [0.717, 1.165) is 33.6 Å². The summed E-state index contributed by atoms with van der Waals surface area (Å²) in [5, 5.41) is 1.79. The normalized spacial score (nSPS) is 11.7. The van der Waals surface area contributed by atoms with E-state index in [9.17, 15) is 4.79 Å². The number of imidazole rings is 1. The molecule has 0 amide bonds. The van der Waals surface area contributed by atoms with Gasteiger partial charge in [-0.05, 0) is 60.5 Å². The maximum atomic E-state index is 12.3. The zero-order valence-electron chi connectivity index (χ0n) is 21.6. The summed E-state index contributed by atoms with van der Waals surface area (Å²) in [4.78, 5) is 21.8. The van der Waals surface area contributed by atoms with Crippen molar-refractivity contribution in [3.8, 4) is 11.4 Å². The Morgan fingerprint density at radius 2 is 1.60 bits per heavy atom. The molecule has 0 aliphatic carbocycles. The molecular weight excluding hydrogens is 567 g/mol. The number of rotatable bonds is 8.